The number of hydrogen-bond acceptors (Lipinski definition) is 6. The van der Waals surface area contributed by atoms with Crippen LogP contribution >= 0.6 is 0 Å². The van der Waals surface area contributed by atoms with Crippen molar-refractivity contribution in [3.8, 4) is 17.2 Å². The number of nitrogens with zero attached hydrogens (tertiary/aromatic N) is 3. The number of aromatic nitrogens is 1. The van der Waals surface area contributed by atoms with Gasteiger partial charge in [0.15, 0.2) is 11.5 Å². The summed E-state index contributed by atoms with van der Waals surface area (Å²) in [4.78, 5) is 21.8. The van der Waals surface area contributed by atoms with Crippen LogP contribution in [0.1, 0.15) is 40.2 Å². The number of fused-ring (bicyclic) bond motifs is 1. The van der Waals surface area contributed by atoms with Gasteiger partial charge in [0.2, 0.25) is 0 Å². The molecule has 1 fully saturated rings. The number of rotatable bonds is 9. The van der Waals surface area contributed by atoms with E-state index in [4.69, 9.17) is 9.47 Å². The predicted molar refractivity (Wildman–Crippen MR) is 135 cm³/mol. The maximum atomic E-state index is 13.2. The van der Waals surface area contributed by atoms with Crippen LogP contribution in [0.4, 0.5) is 18.9 Å². The minimum atomic E-state index is -4.74. The fourth-order valence-corrected chi connectivity index (χ4v) is 4.77. The summed E-state index contributed by atoms with van der Waals surface area (Å²) in [7, 11) is 1.57. The molecule has 2 aromatic carbocycles. The van der Waals surface area contributed by atoms with Crippen molar-refractivity contribution in [2.24, 2.45) is 0 Å². The molecule has 10 heteroatoms. The highest BCUT2D eigenvalue weighted by Crippen LogP contribution is 2.35. The Balaban J connectivity index is 1.24. The van der Waals surface area contributed by atoms with Gasteiger partial charge >= 0.3 is 6.36 Å². The number of hydrogen-bond donors (Lipinski definition) is 0. The van der Waals surface area contributed by atoms with Crippen LogP contribution in [0.5, 0.6) is 17.2 Å². The maximum Gasteiger partial charge on any atom is 0.573 e. The molecule has 5 rings (SSSR count). The number of benzene rings is 2. The van der Waals surface area contributed by atoms with E-state index >= 15 is 0 Å². The molecule has 0 saturated carbocycles. The van der Waals surface area contributed by atoms with Crippen molar-refractivity contribution in [2.45, 2.75) is 32.2 Å². The standard InChI is InChI=1S/C28H28F3N3O4/c1-36-25-17-22(8-11-24(25)37-15-14-33-12-2-3-13-33)34-18-20-6-7-21(32-26(20)27(34)35)16-19-4-9-23(10-5-19)38-28(29,30)31/h4-11,17H,2-3,12-16,18H2,1H3. The van der Waals surface area contributed by atoms with Crippen molar-refractivity contribution < 1.29 is 32.2 Å². The van der Waals surface area contributed by atoms with Gasteiger partial charge in [0.05, 0.1) is 13.7 Å². The summed E-state index contributed by atoms with van der Waals surface area (Å²) in [6.07, 6.45) is -1.91. The van der Waals surface area contributed by atoms with Gasteiger partial charge in [-0.05, 0) is 61.8 Å². The number of ether oxygens (including phenoxy) is 3. The molecular weight excluding hydrogens is 499 g/mol. The Kier molecular flexibility index (Phi) is 7.42. The van der Waals surface area contributed by atoms with E-state index in [-0.39, 0.29) is 11.7 Å². The van der Waals surface area contributed by atoms with Gasteiger partial charge in [-0.25, -0.2) is 4.98 Å². The van der Waals surface area contributed by atoms with Gasteiger partial charge < -0.3 is 19.1 Å². The number of amides is 1. The van der Waals surface area contributed by atoms with Crippen LogP contribution in [-0.2, 0) is 13.0 Å². The Hall–Kier alpha value is -3.79. The molecule has 38 heavy (non-hydrogen) atoms. The molecule has 0 atom stereocenters. The zero-order valence-corrected chi connectivity index (χ0v) is 21.0. The molecule has 0 aliphatic carbocycles. The first-order chi connectivity index (χ1) is 18.3. The van der Waals surface area contributed by atoms with Gasteiger partial charge in [-0.2, -0.15) is 0 Å². The highest BCUT2D eigenvalue weighted by Gasteiger charge is 2.32. The van der Waals surface area contributed by atoms with Crippen LogP contribution in [0.2, 0.25) is 0 Å². The van der Waals surface area contributed by atoms with Crippen molar-refractivity contribution in [1.29, 1.82) is 0 Å². The summed E-state index contributed by atoms with van der Waals surface area (Å²) in [6, 6.07) is 14.8. The van der Waals surface area contributed by atoms with Gasteiger partial charge in [0, 0.05) is 36.0 Å². The van der Waals surface area contributed by atoms with Gasteiger partial charge in [0.25, 0.3) is 5.91 Å². The second-order valence-corrected chi connectivity index (χ2v) is 9.30. The van der Waals surface area contributed by atoms with Crippen LogP contribution in [0, 0.1) is 0 Å². The molecule has 2 aliphatic rings. The molecule has 3 aromatic rings. The third kappa shape index (κ3) is 6.02. The lowest BCUT2D eigenvalue weighted by molar-refractivity contribution is -0.274. The zero-order valence-electron chi connectivity index (χ0n) is 21.0. The summed E-state index contributed by atoms with van der Waals surface area (Å²) in [5.74, 6) is 0.680. The summed E-state index contributed by atoms with van der Waals surface area (Å²) in [6.45, 7) is 4.02. The Labute approximate surface area is 218 Å². The highest BCUT2D eigenvalue weighted by molar-refractivity contribution is 6.08. The molecule has 0 radical (unpaired) electrons. The van der Waals surface area contributed by atoms with Crippen LogP contribution in [0.25, 0.3) is 0 Å². The average molecular weight is 528 g/mol. The largest absolute Gasteiger partial charge is 0.573 e. The Bertz CT molecular complexity index is 1290. The van der Waals surface area contributed by atoms with Crippen LogP contribution in [0.3, 0.4) is 0 Å². The van der Waals surface area contributed by atoms with Gasteiger partial charge in [-0.3, -0.25) is 9.69 Å². The van der Waals surface area contributed by atoms with Crippen molar-refractivity contribution in [1.82, 2.24) is 9.88 Å². The molecule has 7 nitrogen and oxygen atoms in total. The van der Waals surface area contributed by atoms with Crippen molar-refractivity contribution in [3.05, 3.63) is 77.1 Å². The summed E-state index contributed by atoms with van der Waals surface area (Å²) < 4.78 is 52.6. The van der Waals surface area contributed by atoms with E-state index in [2.05, 4.69) is 14.6 Å². The summed E-state index contributed by atoms with van der Waals surface area (Å²) in [5.41, 5.74) is 3.24. The number of alkyl halides is 3. The van der Waals surface area contributed by atoms with Crippen molar-refractivity contribution >= 4 is 11.6 Å². The fraction of sp³-hybridized carbons (Fsp3) is 0.357. The lowest BCUT2D eigenvalue weighted by Gasteiger charge is -2.19. The van der Waals surface area contributed by atoms with Gasteiger partial charge in [-0.15, -0.1) is 13.2 Å². The van der Waals surface area contributed by atoms with Crippen molar-refractivity contribution in [2.75, 3.05) is 38.3 Å². The smallest absolute Gasteiger partial charge is 0.493 e. The Morgan fingerprint density at radius 3 is 2.45 bits per heavy atom. The van der Waals surface area contributed by atoms with Crippen molar-refractivity contribution in [3.63, 3.8) is 0 Å². The number of anilines is 1. The lowest BCUT2D eigenvalue weighted by Crippen LogP contribution is -2.25. The van der Waals surface area contributed by atoms with E-state index in [0.29, 0.717) is 48.1 Å². The molecular formula is C28H28F3N3O4. The Morgan fingerprint density at radius 2 is 1.74 bits per heavy atom. The third-order valence-corrected chi connectivity index (χ3v) is 6.68. The second-order valence-electron chi connectivity index (χ2n) is 9.30. The molecule has 2 aliphatic heterocycles. The first-order valence-electron chi connectivity index (χ1n) is 12.5. The second kappa shape index (κ2) is 10.9. The van der Waals surface area contributed by atoms with E-state index in [1.165, 1.54) is 25.0 Å². The molecule has 0 spiro atoms. The topological polar surface area (TPSA) is 64.1 Å². The molecule has 0 unspecified atom stereocenters. The van der Waals surface area contributed by atoms with Crippen LogP contribution in [0.15, 0.2) is 54.6 Å². The van der Waals surface area contributed by atoms with E-state index in [1.54, 1.807) is 30.2 Å². The van der Waals surface area contributed by atoms with E-state index < -0.39 is 6.36 Å². The first-order valence-corrected chi connectivity index (χ1v) is 12.5. The number of pyridine rings is 1. The van der Waals surface area contributed by atoms with E-state index in [9.17, 15) is 18.0 Å². The number of halogens is 3. The van der Waals surface area contributed by atoms with Crippen LogP contribution < -0.4 is 19.1 Å². The number of methoxy groups -OCH3 is 1. The Morgan fingerprint density at radius 1 is 0.974 bits per heavy atom. The first kappa shape index (κ1) is 25.8. The lowest BCUT2D eigenvalue weighted by atomic mass is 10.1. The van der Waals surface area contributed by atoms with E-state index in [0.717, 1.165) is 30.8 Å². The number of likely N-dealkylation sites (tertiary alicyclic amines) is 1. The number of carbonyl (C=O) groups is 1. The molecule has 1 aromatic heterocycles. The zero-order chi connectivity index (χ0) is 26.7. The monoisotopic (exact) mass is 527 g/mol. The van der Waals surface area contributed by atoms with Gasteiger partial charge in [-0.1, -0.05) is 18.2 Å². The predicted octanol–water partition coefficient (Wildman–Crippen LogP) is 5.21. The summed E-state index contributed by atoms with van der Waals surface area (Å²) in [5, 5.41) is 0. The molecule has 0 N–H and O–H groups in total. The van der Waals surface area contributed by atoms with E-state index in [1.807, 2.05) is 24.3 Å². The van der Waals surface area contributed by atoms with Crippen LogP contribution in [-0.4, -0.2) is 55.5 Å². The fourth-order valence-electron chi connectivity index (χ4n) is 4.77. The average Bonchev–Trinajstić information content (AvgIpc) is 3.52. The minimum Gasteiger partial charge on any atom is -0.493 e. The molecule has 200 valence electrons. The highest BCUT2D eigenvalue weighted by atomic mass is 19.4. The molecule has 1 amide bonds. The van der Waals surface area contributed by atoms with Gasteiger partial charge in [0.1, 0.15) is 18.1 Å². The molecule has 3 heterocycles. The quantitative estimate of drug-likeness (QED) is 0.381. The normalized spacial score (nSPS) is 15.6. The molecule has 1 saturated heterocycles. The summed E-state index contributed by atoms with van der Waals surface area (Å²) >= 11 is 0. The SMILES string of the molecule is COc1cc(N2Cc3ccc(Cc4ccc(OC(F)(F)F)cc4)nc3C2=O)ccc1OCCN1CCCC1. The third-order valence-electron chi connectivity index (χ3n) is 6.68. The minimum absolute atomic E-state index is 0.222. The maximum absolute atomic E-state index is 13.2. The molecule has 0 bridgehead atoms. The number of carbonyl (C=O) groups excluding carboxylic acids is 1.